The lowest BCUT2D eigenvalue weighted by atomic mass is 10.00. The molecule has 1 unspecified atom stereocenters. The summed E-state index contributed by atoms with van der Waals surface area (Å²) >= 11 is 0. The van der Waals surface area contributed by atoms with Crippen LogP contribution in [0.15, 0.2) is 54.6 Å². The van der Waals surface area contributed by atoms with Crippen LogP contribution >= 0.6 is 0 Å². The van der Waals surface area contributed by atoms with E-state index in [-0.39, 0.29) is 12.1 Å². The van der Waals surface area contributed by atoms with Gasteiger partial charge in [0.15, 0.2) is 0 Å². The molecule has 1 aliphatic heterocycles. The van der Waals surface area contributed by atoms with Crippen molar-refractivity contribution < 1.29 is 4.79 Å². The van der Waals surface area contributed by atoms with Crippen molar-refractivity contribution in [3.63, 3.8) is 0 Å². The van der Waals surface area contributed by atoms with Crippen LogP contribution in [0.3, 0.4) is 0 Å². The molecule has 3 rings (SSSR count). The number of benzene rings is 2. The van der Waals surface area contributed by atoms with Crippen LogP contribution in [0.1, 0.15) is 64.5 Å². The zero-order valence-corrected chi connectivity index (χ0v) is 20.1. The van der Waals surface area contributed by atoms with Gasteiger partial charge in [0.05, 0.1) is 0 Å². The van der Waals surface area contributed by atoms with Gasteiger partial charge in [0, 0.05) is 37.4 Å². The van der Waals surface area contributed by atoms with Gasteiger partial charge >= 0.3 is 6.03 Å². The highest BCUT2D eigenvalue weighted by molar-refractivity contribution is 5.89. The average molecular weight is 424 g/mol. The third kappa shape index (κ3) is 7.70. The Morgan fingerprint density at radius 3 is 2.26 bits per heavy atom. The minimum absolute atomic E-state index is 0.00207. The predicted octanol–water partition coefficient (Wildman–Crippen LogP) is 6.71. The first kappa shape index (κ1) is 24.9. The van der Waals surface area contributed by atoms with Gasteiger partial charge in [-0.3, -0.25) is 0 Å². The van der Waals surface area contributed by atoms with Crippen molar-refractivity contribution in [3.05, 3.63) is 65.7 Å². The number of piperidine rings is 1. The number of likely N-dealkylation sites (tertiary alicyclic amines) is 1. The molecule has 1 saturated heterocycles. The summed E-state index contributed by atoms with van der Waals surface area (Å²) < 4.78 is 0. The number of nitrogens with one attached hydrogen (secondary N) is 1. The molecule has 1 aliphatic rings. The summed E-state index contributed by atoms with van der Waals surface area (Å²) in [5.41, 5.74) is 3.22. The first-order valence-corrected chi connectivity index (χ1v) is 12.0. The van der Waals surface area contributed by atoms with E-state index in [0.717, 1.165) is 31.6 Å². The van der Waals surface area contributed by atoms with E-state index >= 15 is 0 Å². The van der Waals surface area contributed by atoms with Gasteiger partial charge in [0.25, 0.3) is 0 Å². The highest BCUT2D eigenvalue weighted by Gasteiger charge is 2.29. The molecule has 2 aromatic rings. The molecule has 31 heavy (non-hydrogen) atoms. The van der Waals surface area contributed by atoms with Gasteiger partial charge in [-0.15, -0.1) is 0 Å². The maximum atomic E-state index is 13.2. The lowest BCUT2D eigenvalue weighted by Crippen LogP contribution is -2.50. The molecule has 0 bridgehead atoms. The fourth-order valence-corrected chi connectivity index (χ4v) is 4.22. The largest absolute Gasteiger partial charge is 0.322 e. The fourth-order valence-electron chi connectivity index (χ4n) is 4.22. The first-order valence-electron chi connectivity index (χ1n) is 12.0. The van der Waals surface area contributed by atoms with Crippen molar-refractivity contribution in [1.82, 2.24) is 9.80 Å². The van der Waals surface area contributed by atoms with Crippen LogP contribution in [0.25, 0.3) is 0 Å². The number of hydrogen-bond acceptors (Lipinski definition) is 2. The summed E-state index contributed by atoms with van der Waals surface area (Å²) in [7, 11) is 0. The van der Waals surface area contributed by atoms with E-state index in [9.17, 15) is 4.79 Å². The average Bonchev–Trinajstić information content (AvgIpc) is 2.81. The van der Waals surface area contributed by atoms with Crippen molar-refractivity contribution in [2.24, 2.45) is 0 Å². The van der Waals surface area contributed by atoms with E-state index in [1.165, 1.54) is 24.0 Å². The van der Waals surface area contributed by atoms with E-state index in [1.54, 1.807) is 0 Å². The van der Waals surface area contributed by atoms with Crippen LogP contribution in [-0.2, 0) is 6.54 Å². The maximum absolute atomic E-state index is 13.2. The van der Waals surface area contributed by atoms with Gasteiger partial charge in [-0.25, -0.2) is 4.79 Å². The molecule has 0 spiro atoms. The second kappa shape index (κ2) is 13.2. The molecule has 1 N–H and O–H groups in total. The number of carbonyl (C=O) groups excluding carboxylic acids is 1. The summed E-state index contributed by atoms with van der Waals surface area (Å²) in [5, 5.41) is 3.11. The molecule has 4 nitrogen and oxygen atoms in total. The topological polar surface area (TPSA) is 35.6 Å². The van der Waals surface area contributed by atoms with Gasteiger partial charge in [0.2, 0.25) is 0 Å². The molecule has 0 aliphatic carbocycles. The van der Waals surface area contributed by atoms with E-state index in [4.69, 9.17) is 0 Å². The zero-order valence-electron chi connectivity index (χ0n) is 20.1. The Kier molecular flexibility index (Phi) is 10.6. The summed E-state index contributed by atoms with van der Waals surface area (Å²) in [6.45, 7) is 13.4. The lowest BCUT2D eigenvalue weighted by molar-refractivity contribution is 0.0989. The highest BCUT2D eigenvalue weighted by Crippen LogP contribution is 2.23. The fraction of sp³-hybridized carbons (Fsp3) is 0.519. The van der Waals surface area contributed by atoms with Crippen molar-refractivity contribution in [1.29, 1.82) is 0 Å². The molecular formula is C27H41N3O. The molecule has 0 radical (unpaired) electrons. The number of aryl methyl sites for hydroxylation is 1. The molecule has 1 fully saturated rings. The van der Waals surface area contributed by atoms with Crippen LogP contribution in [-0.4, -0.2) is 41.0 Å². The number of hydrogen-bond donors (Lipinski definition) is 1. The SMILES string of the molecule is CC.CCCC(C)N1CCC(N(Cc2ccccc2)C(=O)Nc2ccc(C)cc2)CC1. The van der Waals surface area contributed by atoms with Gasteiger partial charge in [0.1, 0.15) is 0 Å². The standard InChI is InChI=1S/C25H35N3O.C2H6/c1-4-8-21(3)27-17-15-24(16-18-27)28(19-22-9-6-5-7-10-22)25(29)26-23-13-11-20(2)12-14-23;1-2/h5-7,9-14,21,24H,4,8,15-19H2,1-3H3,(H,26,29);1-2H3. The van der Waals surface area contributed by atoms with Crippen molar-refractivity contribution in [2.75, 3.05) is 18.4 Å². The Morgan fingerprint density at radius 1 is 1.06 bits per heavy atom. The summed E-state index contributed by atoms with van der Waals surface area (Å²) in [6, 6.07) is 19.2. The van der Waals surface area contributed by atoms with Crippen LogP contribution in [0, 0.1) is 6.92 Å². The molecule has 1 heterocycles. The van der Waals surface area contributed by atoms with Crippen LogP contribution < -0.4 is 5.32 Å². The minimum Gasteiger partial charge on any atom is -0.317 e. The van der Waals surface area contributed by atoms with Gasteiger partial charge < -0.3 is 15.1 Å². The Labute approximate surface area is 189 Å². The molecule has 0 aromatic heterocycles. The smallest absolute Gasteiger partial charge is 0.317 e. The van der Waals surface area contributed by atoms with Gasteiger partial charge in [-0.05, 0) is 50.8 Å². The maximum Gasteiger partial charge on any atom is 0.322 e. The number of anilines is 1. The summed E-state index contributed by atoms with van der Waals surface area (Å²) in [4.78, 5) is 17.8. The number of urea groups is 1. The third-order valence-corrected chi connectivity index (χ3v) is 6.03. The molecule has 1 atom stereocenters. The lowest BCUT2D eigenvalue weighted by Gasteiger charge is -2.40. The van der Waals surface area contributed by atoms with Crippen LogP contribution in [0.4, 0.5) is 10.5 Å². The van der Waals surface area contributed by atoms with E-state index in [2.05, 4.69) is 43.1 Å². The monoisotopic (exact) mass is 423 g/mol. The Morgan fingerprint density at radius 2 is 1.68 bits per heavy atom. The van der Waals surface area contributed by atoms with E-state index in [1.807, 2.05) is 61.2 Å². The predicted molar refractivity (Wildman–Crippen MR) is 132 cm³/mol. The molecule has 0 saturated carbocycles. The molecule has 4 heteroatoms. The Hall–Kier alpha value is -2.33. The first-order chi connectivity index (χ1) is 15.1. The van der Waals surface area contributed by atoms with Gasteiger partial charge in [-0.1, -0.05) is 75.2 Å². The quantitative estimate of drug-likeness (QED) is 0.537. The zero-order chi connectivity index (χ0) is 22.6. The van der Waals surface area contributed by atoms with E-state index < -0.39 is 0 Å². The van der Waals surface area contributed by atoms with Crippen molar-refractivity contribution in [3.8, 4) is 0 Å². The van der Waals surface area contributed by atoms with Gasteiger partial charge in [-0.2, -0.15) is 0 Å². The molecule has 2 amide bonds. The molecule has 170 valence electrons. The normalized spacial score (nSPS) is 15.5. The Bertz CT molecular complexity index is 752. The summed E-state index contributed by atoms with van der Waals surface area (Å²) in [5.74, 6) is 0. The van der Waals surface area contributed by atoms with E-state index in [0.29, 0.717) is 12.6 Å². The number of amides is 2. The highest BCUT2D eigenvalue weighted by atomic mass is 16.2. The van der Waals surface area contributed by atoms with Crippen molar-refractivity contribution in [2.45, 2.75) is 78.9 Å². The van der Waals surface area contributed by atoms with Crippen LogP contribution in [0.2, 0.25) is 0 Å². The third-order valence-electron chi connectivity index (χ3n) is 6.03. The molecule has 2 aromatic carbocycles. The van der Waals surface area contributed by atoms with Crippen LogP contribution in [0.5, 0.6) is 0 Å². The number of carbonyl (C=O) groups is 1. The second-order valence-corrected chi connectivity index (χ2v) is 8.31. The van der Waals surface area contributed by atoms with Crippen molar-refractivity contribution >= 4 is 11.7 Å². The Balaban J connectivity index is 0.00000166. The number of rotatable bonds is 7. The number of nitrogens with zero attached hydrogens (tertiary/aromatic N) is 2. The minimum atomic E-state index is -0.00207. The summed E-state index contributed by atoms with van der Waals surface area (Å²) in [6.07, 6.45) is 4.52. The second-order valence-electron chi connectivity index (χ2n) is 8.31. The molecular weight excluding hydrogens is 382 g/mol.